The monoisotopic (exact) mass is 284 g/mol. The summed E-state index contributed by atoms with van der Waals surface area (Å²) in [5, 5.41) is 3.52. The molecule has 112 valence electrons. The van der Waals surface area contributed by atoms with E-state index in [2.05, 4.69) is 49.3 Å². The highest BCUT2D eigenvalue weighted by molar-refractivity contribution is 5.39. The molecule has 0 amide bonds. The third-order valence-electron chi connectivity index (χ3n) is 3.45. The molecule has 1 aromatic carbocycles. The van der Waals surface area contributed by atoms with Gasteiger partial charge in [-0.15, -0.1) is 0 Å². The van der Waals surface area contributed by atoms with E-state index in [-0.39, 0.29) is 6.04 Å². The molecule has 0 saturated heterocycles. The van der Waals surface area contributed by atoms with Crippen LogP contribution in [0.5, 0.6) is 5.75 Å². The lowest BCUT2D eigenvalue weighted by atomic mass is 10.0. The summed E-state index contributed by atoms with van der Waals surface area (Å²) in [6.07, 6.45) is 4.74. The first kappa shape index (κ1) is 15.5. The zero-order valence-corrected chi connectivity index (χ0v) is 13.1. The minimum atomic E-state index is 0.286. The van der Waals surface area contributed by atoms with Crippen LogP contribution in [0.3, 0.4) is 0 Å². The highest BCUT2D eigenvalue weighted by Crippen LogP contribution is 2.27. The van der Waals surface area contributed by atoms with E-state index in [9.17, 15) is 0 Å². The Kier molecular flexibility index (Phi) is 5.76. The third kappa shape index (κ3) is 4.57. The summed E-state index contributed by atoms with van der Waals surface area (Å²) in [6, 6.07) is 10.6. The number of aryl methyl sites for hydroxylation is 1. The molecule has 0 aliphatic rings. The van der Waals surface area contributed by atoms with Crippen molar-refractivity contribution in [3.8, 4) is 5.75 Å². The molecule has 1 N–H and O–H groups in total. The maximum Gasteiger partial charge on any atom is 0.124 e. The van der Waals surface area contributed by atoms with Crippen LogP contribution in [0.15, 0.2) is 42.7 Å². The predicted molar refractivity (Wildman–Crippen MR) is 86.5 cm³/mol. The fraction of sp³-hybridized carbons (Fsp3) is 0.389. The second-order valence-corrected chi connectivity index (χ2v) is 5.37. The van der Waals surface area contributed by atoms with Crippen molar-refractivity contribution in [2.24, 2.45) is 0 Å². The maximum atomic E-state index is 6.00. The number of benzene rings is 1. The van der Waals surface area contributed by atoms with E-state index in [0.717, 1.165) is 24.3 Å². The van der Waals surface area contributed by atoms with Gasteiger partial charge in [0.2, 0.25) is 0 Å². The van der Waals surface area contributed by atoms with Crippen LogP contribution in [0.1, 0.15) is 43.0 Å². The smallest absolute Gasteiger partial charge is 0.124 e. The van der Waals surface area contributed by atoms with Crippen LogP contribution in [0.4, 0.5) is 0 Å². The molecule has 1 unspecified atom stereocenters. The van der Waals surface area contributed by atoms with Crippen LogP contribution >= 0.6 is 0 Å². The van der Waals surface area contributed by atoms with Crippen molar-refractivity contribution >= 4 is 0 Å². The van der Waals surface area contributed by atoms with Crippen molar-refractivity contribution < 1.29 is 4.74 Å². The number of aromatic nitrogens is 1. The molecular formula is C18H24N2O. The number of hydrogen-bond acceptors (Lipinski definition) is 3. The minimum absolute atomic E-state index is 0.286. The molecular weight excluding hydrogens is 260 g/mol. The summed E-state index contributed by atoms with van der Waals surface area (Å²) in [5.74, 6) is 0.945. The van der Waals surface area contributed by atoms with E-state index >= 15 is 0 Å². The molecule has 1 atom stereocenters. The Hall–Kier alpha value is -1.87. The summed E-state index contributed by atoms with van der Waals surface area (Å²) in [6.45, 7) is 8.03. The van der Waals surface area contributed by atoms with Gasteiger partial charge < -0.3 is 10.1 Å². The fourth-order valence-electron chi connectivity index (χ4n) is 2.25. The lowest BCUT2D eigenvalue weighted by Crippen LogP contribution is -2.20. The van der Waals surface area contributed by atoms with Gasteiger partial charge in [-0.2, -0.15) is 0 Å². The molecule has 2 rings (SSSR count). The van der Waals surface area contributed by atoms with E-state index in [1.807, 2.05) is 18.3 Å². The van der Waals surface area contributed by atoms with Crippen molar-refractivity contribution in [1.82, 2.24) is 10.3 Å². The van der Waals surface area contributed by atoms with Crippen LogP contribution in [0.25, 0.3) is 0 Å². The third-order valence-corrected chi connectivity index (χ3v) is 3.45. The van der Waals surface area contributed by atoms with Gasteiger partial charge in [0.25, 0.3) is 0 Å². The molecule has 0 saturated carbocycles. The summed E-state index contributed by atoms with van der Waals surface area (Å²) in [5.41, 5.74) is 3.55. The molecule has 0 radical (unpaired) electrons. The number of nitrogens with one attached hydrogen (secondary N) is 1. The van der Waals surface area contributed by atoms with Gasteiger partial charge in [-0.3, -0.25) is 4.98 Å². The van der Waals surface area contributed by atoms with E-state index in [0.29, 0.717) is 6.61 Å². The molecule has 3 nitrogen and oxygen atoms in total. The summed E-state index contributed by atoms with van der Waals surface area (Å²) < 4.78 is 6.00. The van der Waals surface area contributed by atoms with E-state index in [1.54, 1.807) is 6.20 Å². The molecule has 0 aliphatic heterocycles. The number of hydrogen-bond donors (Lipinski definition) is 1. The minimum Gasteiger partial charge on any atom is -0.489 e. The second kappa shape index (κ2) is 7.79. The fourth-order valence-corrected chi connectivity index (χ4v) is 2.25. The molecule has 0 bridgehead atoms. The Balaban J connectivity index is 2.11. The first-order valence-electron chi connectivity index (χ1n) is 7.56. The van der Waals surface area contributed by atoms with Gasteiger partial charge in [-0.05, 0) is 38.9 Å². The number of rotatable bonds is 7. The lowest BCUT2D eigenvalue weighted by molar-refractivity contribution is 0.299. The summed E-state index contributed by atoms with van der Waals surface area (Å²) >= 11 is 0. The molecule has 0 spiro atoms. The van der Waals surface area contributed by atoms with Crippen LogP contribution in [0.2, 0.25) is 0 Å². The maximum absolute atomic E-state index is 6.00. The molecule has 21 heavy (non-hydrogen) atoms. The SMILES string of the molecule is CCCNC(C)c1cc(C)ccc1OCc1cccnc1. The highest BCUT2D eigenvalue weighted by Gasteiger charge is 2.11. The Bertz CT molecular complexity index is 554. The van der Waals surface area contributed by atoms with Gasteiger partial charge in [0.15, 0.2) is 0 Å². The number of nitrogens with zero attached hydrogens (tertiary/aromatic N) is 1. The molecule has 0 aliphatic carbocycles. The normalized spacial score (nSPS) is 12.1. The summed E-state index contributed by atoms with van der Waals surface area (Å²) in [4.78, 5) is 4.12. The van der Waals surface area contributed by atoms with Crippen molar-refractivity contribution in [3.63, 3.8) is 0 Å². The van der Waals surface area contributed by atoms with E-state index in [4.69, 9.17) is 4.74 Å². The molecule has 1 heterocycles. The number of ether oxygens (including phenoxy) is 1. The van der Waals surface area contributed by atoms with E-state index < -0.39 is 0 Å². The first-order valence-corrected chi connectivity index (χ1v) is 7.56. The quantitative estimate of drug-likeness (QED) is 0.833. The van der Waals surface area contributed by atoms with Gasteiger partial charge in [0.05, 0.1) is 0 Å². The van der Waals surface area contributed by atoms with Crippen molar-refractivity contribution in [2.75, 3.05) is 6.54 Å². The van der Waals surface area contributed by atoms with Crippen LogP contribution in [0, 0.1) is 6.92 Å². The average Bonchev–Trinajstić information content (AvgIpc) is 2.52. The van der Waals surface area contributed by atoms with Gasteiger partial charge in [0.1, 0.15) is 12.4 Å². The Labute approximate surface area is 127 Å². The van der Waals surface area contributed by atoms with Gasteiger partial charge >= 0.3 is 0 Å². The second-order valence-electron chi connectivity index (χ2n) is 5.37. The number of pyridine rings is 1. The van der Waals surface area contributed by atoms with Crippen LogP contribution < -0.4 is 10.1 Å². The largest absolute Gasteiger partial charge is 0.489 e. The van der Waals surface area contributed by atoms with Gasteiger partial charge in [-0.1, -0.05) is 30.7 Å². The Morgan fingerprint density at radius 3 is 2.86 bits per heavy atom. The standard InChI is InChI=1S/C18H24N2O/c1-4-9-20-15(3)17-11-14(2)7-8-18(17)21-13-16-6-5-10-19-12-16/h5-8,10-12,15,20H,4,9,13H2,1-3H3. The molecule has 0 fully saturated rings. The topological polar surface area (TPSA) is 34.1 Å². The van der Waals surface area contributed by atoms with Crippen molar-refractivity contribution in [3.05, 3.63) is 59.4 Å². The zero-order valence-electron chi connectivity index (χ0n) is 13.1. The molecule has 1 aromatic heterocycles. The first-order chi connectivity index (χ1) is 10.2. The Morgan fingerprint density at radius 2 is 2.14 bits per heavy atom. The summed E-state index contributed by atoms with van der Waals surface area (Å²) in [7, 11) is 0. The predicted octanol–water partition coefficient (Wildman–Crippen LogP) is 4.03. The molecule has 3 heteroatoms. The zero-order chi connectivity index (χ0) is 15.1. The van der Waals surface area contributed by atoms with Crippen molar-refractivity contribution in [1.29, 1.82) is 0 Å². The lowest BCUT2D eigenvalue weighted by Gasteiger charge is -2.19. The van der Waals surface area contributed by atoms with Crippen molar-refractivity contribution in [2.45, 2.75) is 39.8 Å². The van der Waals surface area contributed by atoms with Gasteiger partial charge in [-0.25, -0.2) is 0 Å². The average molecular weight is 284 g/mol. The Morgan fingerprint density at radius 1 is 1.29 bits per heavy atom. The highest BCUT2D eigenvalue weighted by atomic mass is 16.5. The van der Waals surface area contributed by atoms with Gasteiger partial charge in [0, 0.05) is 29.6 Å². The molecule has 2 aromatic rings. The van der Waals surface area contributed by atoms with Crippen LogP contribution in [-0.2, 0) is 6.61 Å². The van der Waals surface area contributed by atoms with Crippen LogP contribution in [-0.4, -0.2) is 11.5 Å². The van der Waals surface area contributed by atoms with E-state index in [1.165, 1.54) is 11.1 Å².